The van der Waals surface area contributed by atoms with Gasteiger partial charge in [-0.15, -0.1) is 11.3 Å². The molecule has 1 N–H and O–H groups in total. The van der Waals surface area contributed by atoms with E-state index < -0.39 is 11.6 Å². The van der Waals surface area contributed by atoms with Crippen LogP contribution < -0.4 is 5.32 Å². The zero-order chi connectivity index (χ0) is 18.9. The average Bonchev–Trinajstić information content (AvgIpc) is 3.12. The summed E-state index contributed by atoms with van der Waals surface area (Å²) in [7, 11) is 0. The number of urea groups is 1. The molecule has 1 spiro atoms. The van der Waals surface area contributed by atoms with Crippen LogP contribution in [0.5, 0.6) is 0 Å². The minimum atomic E-state index is -0.825. The van der Waals surface area contributed by atoms with Crippen molar-refractivity contribution in [1.82, 2.24) is 15.1 Å². The number of halogens is 1. The van der Waals surface area contributed by atoms with E-state index in [1.807, 2.05) is 19.9 Å². The second kappa shape index (κ2) is 7.56. The van der Waals surface area contributed by atoms with E-state index in [1.54, 1.807) is 11.0 Å². The van der Waals surface area contributed by atoms with Crippen molar-refractivity contribution >= 4 is 40.8 Å². The first-order chi connectivity index (χ1) is 12.4. The van der Waals surface area contributed by atoms with E-state index in [9.17, 15) is 14.4 Å². The van der Waals surface area contributed by atoms with Crippen LogP contribution in [-0.2, 0) is 16.1 Å². The van der Waals surface area contributed by atoms with Crippen LogP contribution in [-0.4, -0.2) is 46.3 Å². The number of imide groups is 1. The van der Waals surface area contributed by atoms with Crippen molar-refractivity contribution < 1.29 is 14.4 Å². The van der Waals surface area contributed by atoms with Crippen molar-refractivity contribution in [3.8, 4) is 0 Å². The zero-order valence-electron chi connectivity index (χ0n) is 15.1. The first-order valence-electron chi connectivity index (χ1n) is 9.03. The Morgan fingerprint density at radius 1 is 1.42 bits per heavy atom. The molecule has 1 saturated heterocycles. The van der Waals surface area contributed by atoms with Crippen molar-refractivity contribution in [3.63, 3.8) is 0 Å². The Balaban J connectivity index is 1.69. The highest BCUT2D eigenvalue weighted by atomic mass is 35.5. The summed E-state index contributed by atoms with van der Waals surface area (Å²) in [5, 5.41) is 2.89. The molecule has 2 heterocycles. The van der Waals surface area contributed by atoms with E-state index in [0.29, 0.717) is 23.8 Å². The lowest BCUT2D eigenvalue weighted by Crippen LogP contribution is -2.54. The Hall–Kier alpha value is -1.60. The molecule has 26 heavy (non-hydrogen) atoms. The Labute approximate surface area is 162 Å². The molecule has 3 rings (SSSR count). The van der Waals surface area contributed by atoms with E-state index >= 15 is 0 Å². The molecule has 1 aliphatic carbocycles. The Bertz CT molecular complexity index is 722. The second-order valence-corrected chi connectivity index (χ2v) is 8.85. The number of rotatable bonds is 5. The monoisotopic (exact) mass is 397 g/mol. The molecule has 1 saturated carbocycles. The summed E-state index contributed by atoms with van der Waals surface area (Å²) in [6.07, 6.45) is 3.54. The third-order valence-electron chi connectivity index (χ3n) is 5.50. The van der Waals surface area contributed by atoms with E-state index in [-0.39, 0.29) is 24.3 Å². The second-order valence-electron chi connectivity index (χ2n) is 7.05. The number of nitrogens with one attached hydrogen (secondary N) is 1. The minimum absolute atomic E-state index is 0.0864. The summed E-state index contributed by atoms with van der Waals surface area (Å²) >= 11 is 7.37. The average molecular weight is 398 g/mol. The molecule has 2 aliphatic rings. The van der Waals surface area contributed by atoms with Crippen molar-refractivity contribution in [2.45, 2.75) is 51.6 Å². The van der Waals surface area contributed by atoms with Gasteiger partial charge in [0.2, 0.25) is 5.91 Å². The summed E-state index contributed by atoms with van der Waals surface area (Å²) in [5.41, 5.74) is -0.825. The van der Waals surface area contributed by atoms with Crippen molar-refractivity contribution in [2.75, 3.05) is 13.1 Å². The Kier molecular flexibility index (Phi) is 5.58. The van der Waals surface area contributed by atoms with Crippen LogP contribution in [0.2, 0.25) is 4.34 Å². The van der Waals surface area contributed by atoms with E-state index in [1.165, 1.54) is 11.3 Å². The van der Waals surface area contributed by atoms with Gasteiger partial charge in [-0.25, -0.2) is 4.79 Å². The molecule has 142 valence electrons. The van der Waals surface area contributed by atoms with Gasteiger partial charge in [0.1, 0.15) is 12.1 Å². The predicted molar refractivity (Wildman–Crippen MR) is 101 cm³/mol. The van der Waals surface area contributed by atoms with Gasteiger partial charge in [-0.1, -0.05) is 31.4 Å². The van der Waals surface area contributed by atoms with Crippen LogP contribution >= 0.6 is 22.9 Å². The normalized spacial score (nSPS) is 25.7. The fraction of sp³-hybridized carbons (Fsp3) is 0.611. The van der Waals surface area contributed by atoms with Crippen molar-refractivity contribution in [2.24, 2.45) is 5.92 Å². The standard InChI is InChI=1S/C18H24ClN3O3S/c1-3-21(10-13-7-8-14(19)26-13)15(23)11-22-16(24)18(20-17(22)25)9-5-4-6-12(18)2/h7-8,12H,3-6,9-11H2,1-2H3,(H,20,25). The third-order valence-corrected chi connectivity index (χ3v) is 6.72. The van der Waals surface area contributed by atoms with Crippen LogP contribution in [0.3, 0.4) is 0 Å². The molecule has 4 amide bonds. The molecule has 0 bridgehead atoms. The highest BCUT2D eigenvalue weighted by Gasteiger charge is 2.55. The molecule has 1 aromatic rings. The van der Waals surface area contributed by atoms with Gasteiger partial charge in [-0.3, -0.25) is 14.5 Å². The van der Waals surface area contributed by atoms with Gasteiger partial charge in [-0.05, 0) is 37.8 Å². The first-order valence-corrected chi connectivity index (χ1v) is 10.2. The van der Waals surface area contributed by atoms with Gasteiger partial charge in [0.25, 0.3) is 5.91 Å². The maximum absolute atomic E-state index is 13.0. The highest BCUT2D eigenvalue weighted by molar-refractivity contribution is 7.16. The topological polar surface area (TPSA) is 69.7 Å². The lowest BCUT2D eigenvalue weighted by molar-refractivity contribution is -0.140. The van der Waals surface area contributed by atoms with Gasteiger partial charge in [0.05, 0.1) is 10.9 Å². The summed E-state index contributed by atoms with van der Waals surface area (Å²) < 4.78 is 0.672. The minimum Gasteiger partial charge on any atom is -0.336 e. The van der Waals surface area contributed by atoms with Gasteiger partial charge >= 0.3 is 6.03 Å². The molecule has 6 nitrogen and oxygen atoms in total. The molecule has 0 radical (unpaired) electrons. The number of likely N-dealkylation sites (N-methyl/N-ethyl adjacent to an activating group) is 1. The fourth-order valence-corrected chi connectivity index (χ4v) is 4.98. The quantitative estimate of drug-likeness (QED) is 0.775. The number of hydrogen-bond acceptors (Lipinski definition) is 4. The van der Waals surface area contributed by atoms with Crippen molar-refractivity contribution in [1.29, 1.82) is 0 Å². The fourth-order valence-electron chi connectivity index (χ4n) is 3.88. The van der Waals surface area contributed by atoms with E-state index in [4.69, 9.17) is 11.6 Å². The Morgan fingerprint density at radius 3 is 2.81 bits per heavy atom. The summed E-state index contributed by atoms with van der Waals surface area (Å²) in [5.74, 6) is -0.400. The SMILES string of the molecule is CCN(Cc1ccc(Cl)s1)C(=O)CN1C(=O)NC2(CCCCC2C)C1=O. The Morgan fingerprint density at radius 2 is 2.19 bits per heavy atom. The molecule has 1 aromatic heterocycles. The van der Waals surface area contributed by atoms with Crippen LogP contribution in [0.15, 0.2) is 12.1 Å². The summed E-state index contributed by atoms with van der Waals surface area (Å²) in [6.45, 7) is 4.59. The molecule has 2 atom stereocenters. The number of thiophene rings is 1. The molecule has 2 fully saturated rings. The largest absolute Gasteiger partial charge is 0.336 e. The number of carbonyl (C=O) groups is 3. The maximum Gasteiger partial charge on any atom is 0.325 e. The lowest BCUT2D eigenvalue weighted by Gasteiger charge is -2.36. The number of amides is 4. The molecule has 1 aliphatic heterocycles. The van der Waals surface area contributed by atoms with Crippen molar-refractivity contribution in [3.05, 3.63) is 21.3 Å². The summed E-state index contributed by atoms with van der Waals surface area (Å²) in [4.78, 5) is 41.8. The molecular weight excluding hydrogens is 374 g/mol. The van der Waals surface area contributed by atoms with E-state index in [2.05, 4.69) is 5.32 Å². The van der Waals surface area contributed by atoms with Crippen LogP contribution in [0.1, 0.15) is 44.4 Å². The van der Waals surface area contributed by atoms with Crippen LogP contribution in [0, 0.1) is 5.92 Å². The van der Waals surface area contributed by atoms with Gasteiger partial charge < -0.3 is 10.2 Å². The zero-order valence-corrected chi connectivity index (χ0v) is 16.7. The van der Waals surface area contributed by atoms with E-state index in [0.717, 1.165) is 29.0 Å². The van der Waals surface area contributed by atoms with Gasteiger partial charge in [0, 0.05) is 11.4 Å². The smallest absolute Gasteiger partial charge is 0.325 e. The molecule has 8 heteroatoms. The lowest BCUT2D eigenvalue weighted by atomic mass is 9.73. The first kappa shape index (κ1) is 19.2. The summed E-state index contributed by atoms with van der Waals surface area (Å²) in [6, 6.07) is 3.23. The molecule has 2 unspecified atom stereocenters. The third kappa shape index (κ3) is 3.47. The van der Waals surface area contributed by atoms with Gasteiger partial charge in [0.15, 0.2) is 0 Å². The predicted octanol–water partition coefficient (Wildman–Crippen LogP) is 3.25. The maximum atomic E-state index is 13.0. The molecular formula is C18H24ClN3O3S. The number of carbonyl (C=O) groups excluding carboxylic acids is 3. The van der Waals surface area contributed by atoms with Crippen LogP contribution in [0.25, 0.3) is 0 Å². The van der Waals surface area contributed by atoms with Gasteiger partial charge in [-0.2, -0.15) is 0 Å². The number of nitrogens with zero attached hydrogens (tertiary/aromatic N) is 2. The number of hydrogen-bond donors (Lipinski definition) is 1. The van der Waals surface area contributed by atoms with Crippen LogP contribution in [0.4, 0.5) is 4.79 Å². The highest BCUT2D eigenvalue weighted by Crippen LogP contribution is 2.38. The molecule has 0 aromatic carbocycles.